The minimum Gasteiger partial charge on any atom is -0.465 e. The maximum absolute atomic E-state index is 5.85. The molecule has 0 aromatic heterocycles. The van der Waals surface area contributed by atoms with Crippen molar-refractivity contribution in [2.45, 2.75) is 51.9 Å². The van der Waals surface area contributed by atoms with Gasteiger partial charge in [-0.25, -0.2) is 0 Å². The van der Waals surface area contributed by atoms with Gasteiger partial charge in [0.1, 0.15) is 5.75 Å². The molecule has 1 saturated heterocycles. The third kappa shape index (κ3) is 2.99. The fourth-order valence-corrected chi connectivity index (χ4v) is 2.02. The van der Waals surface area contributed by atoms with E-state index in [0.717, 1.165) is 18.6 Å². The molecule has 0 saturated carbocycles. The van der Waals surface area contributed by atoms with Gasteiger partial charge in [-0.05, 0) is 38.3 Å². The fraction of sp³-hybridized carbons (Fsp3) is 0.571. The van der Waals surface area contributed by atoms with Crippen LogP contribution in [0.3, 0.4) is 0 Å². The molecule has 2 unspecified atom stereocenters. The van der Waals surface area contributed by atoms with E-state index in [1.807, 2.05) is 12.1 Å². The summed E-state index contributed by atoms with van der Waals surface area (Å²) in [5.41, 5.74) is 1.25. The van der Waals surface area contributed by atoms with Crippen LogP contribution in [0, 0.1) is 6.92 Å². The van der Waals surface area contributed by atoms with Crippen molar-refractivity contribution < 1.29 is 9.47 Å². The molecule has 2 rings (SSSR count). The largest absolute Gasteiger partial charge is 0.465 e. The summed E-state index contributed by atoms with van der Waals surface area (Å²) in [6, 6.07) is 8.15. The van der Waals surface area contributed by atoms with Crippen molar-refractivity contribution in [3.05, 3.63) is 29.8 Å². The van der Waals surface area contributed by atoms with E-state index >= 15 is 0 Å². The lowest BCUT2D eigenvalue weighted by Gasteiger charge is -2.29. The molecule has 2 atom stereocenters. The maximum atomic E-state index is 5.85. The van der Waals surface area contributed by atoms with Crippen LogP contribution in [0.4, 0.5) is 0 Å². The van der Waals surface area contributed by atoms with Crippen LogP contribution in [0.15, 0.2) is 24.3 Å². The first-order valence-corrected chi connectivity index (χ1v) is 6.16. The molecule has 1 aliphatic heterocycles. The number of hydrogen-bond acceptors (Lipinski definition) is 2. The van der Waals surface area contributed by atoms with Crippen molar-refractivity contribution in [1.29, 1.82) is 0 Å². The van der Waals surface area contributed by atoms with Crippen molar-refractivity contribution in [2.75, 3.05) is 0 Å². The van der Waals surface area contributed by atoms with Gasteiger partial charge in [-0.3, -0.25) is 0 Å². The highest BCUT2D eigenvalue weighted by atomic mass is 16.7. The molecular formula is C14H20O2. The topological polar surface area (TPSA) is 18.5 Å². The Kier molecular flexibility index (Phi) is 3.83. The summed E-state index contributed by atoms with van der Waals surface area (Å²) in [6.45, 7) is 4.24. The highest BCUT2D eigenvalue weighted by Crippen LogP contribution is 2.24. The van der Waals surface area contributed by atoms with Gasteiger partial charge in [0.15, 0.2) is 6.29 Å². The normalized spacial score (nSPS) is 25.4. The summed E-state index contributed by atoms with van der Waals surface area (Å²) < 4.78 is 11.7. The molecule has 0 N–H and O–H groups in total. The second kappa shape index (κ2) is 5.35. The lowest BCUT2D eigenvalue weighted by molar-refractivity contribution is -0.147. The van der Waals surface area contributed by atoms with Crippen molar-refractivity contribution in [2.24, 2.45) is 0 Å². The van der Waals surface area contributed by atoms with E-state index in [1.165, 1.54) is 18.4 Å². The van der Waals surface area contributed by atoms with Gasteiger partial charge < -0.3 is 9.47 Å². The molecule has 2 heteroatoms. The molecular weight excluding hydrogens is 200 g/mol. The Bertz CT molecular complexity index is 318. The molecule has 0 radical (unpaired) electrons. The molecule has 1 aromatic carbocycles. The first-order valence-electron chi connectivity index (χ1n) is 6.16. The van der Waals surface area contributed by atoms with Gasteiger partial charge in [-0.15, -0.1) is 0 Å². The summed E-state index contributed by atoms with van der Waals surface area (Å²) in [4.78, 5) is 0. The van der Waals surface area contributed by atoms with Crippen molar-refractivity contribution in [1.82, 2.24) is 0 Å². The van der Waals surface area contributed by atoms with Gasteiger partial charge in [-0.2, -0.15) is 0 Å². The number of aryl methyl sites for hydroxylation is 1. The first kappa shape index (κ1) is 11.5. The average Bonchev–Trinajstić information content (AvgIpc) is 2.32. The molecule has 0 spiro atoms. The zero-order valence-corrected chi connectivity index (χ0v) is 10.1. The fourth-order valence-electron chi connectivity index (χ4n) is 2.02. The predicted octanol–water partition coefficient (Wildman–Crippen LogP) is 3.68. The predicted molar refractivity (Wildman–Crippen MR) is 64.6 cm³/mol. The van der Waals surface area contributed by atoms with Gasteiger partial charge in [-0.1, -0.05) is 24.6 Å². The molecule has 1 aromatic rings. The third-order valence-electron chi connectivity index (χ3n) is 3.05. The van der Waals surface area contributed by atoms with E-state index in [0.29, 0.717) is 6.10 Å². The van der Waals surface area contributed by atoms with Crippen LogP contribution in [0.2, 0.25) is 0 Å². The summed E-state index contributed by atoms with van der Waals surface area (Å²) >= 11 is 0. The Morgan fingerprint density at radius 2 is 2.00 bits per heavy atom. The van der Waals surface area contributed by atoms with Crippen molar-refractivity contribution in [3.63, 3.8) is 0 Å². The molecule has 2 nitrogen and oxygen atoms in total. The molecule has 1 aliphatic rings. The third-order valence-corrected chi connectivity index (χ3v) is 3.05. The number of benzene rings is 1. The Morgan fingerprint density at radius 1 is 1.25 bits per heavy atom. The van der Waals surface area contributed by atoms with Crippen LogP contribution in [-0.4, -0.2) is 12.4 Å². The van der Waals surface area contributed by atoms with Crippen molar-refractivity contribution >= 4 is 0 Å². The SMILES string of the molecule is CCC1CCCC(Oc2ccc(C)cc2)O1. The van der Waals surface area contributed by atoms with E-state index < -0.39 is 0 Å². The van der Waals surface area contributed by atoms with Gasteiger partial charge in [0.2, 0.25) is 0 Å². The van der Waals surface area contributed by atoms with Gasteiger partial charge in [0, 0.05) is 6.42 Å². The minimum absolute atomic E-state index is 0.0543. The summed E-state index contributed by atoms with van der Waals surface area (Å²) in [6.07, 6.45) is 4.78. The Labute approximate surface area is 97.6 Å². The van der Waals surface area contributed by atoms with Crippen LogP contribution in [0.5, 0.6) is 5.75 Å². The number of ether oxygens (including phenoxy) is 2. The molecule has 0 bridgehead atoms. The number of hydrogen-bond donors (Lipinski definition) is 0. The van der Waals surface area contributed by atoms with Gasteiger partial charge in [0.05, 0.1) is 6.10 Å². The smallest absolute Gasteiger partial charge is 0.200 e. The van der Waals surface area contributed by atoms with E-state index in [1.54, 1.807) is 0 Å². The zero-order valence-electron chi connectivity index (χ0n) is 10.1. The quantitative estimate of drug-likeness (QED) is 0.773. The lowest BCUT2D eigenvalue weighted by Crippen LogP contribution is -2.31. The highest BCUT2D eigenvalue weighted by Gasteiger charge is 2.22. The summed E-state index contributed by atoms with van der Waals surface area (Å²) in [7, 11) is 0. The Hall–Kier alpha value is -1.02. The van der Waals surface area contributed by atoms with Crippen LogP contribution in [-0.2, 0) is 4.74 Å². The first-order chi connectivity index (χ1) is 7.78. The molecule has 16 heavy (non-hydrogen) atoms. The molecule has 0 amide bonds. The van der Waals surface area contributed by atoms with Crippen LogP contribution in [0.25, 0.3) is 0 Å². The van der Waals surface area contributed by atoms with E-state index in [2.05, 4.69) is 26.0 Å². The van der Waals surface area contributed by atoms with Gasteiger partial charge in [0.25, 0.3) is 0 Å². The highest BCUT2D eigenvalue weighted by molar-refractivity contribution is 5.26. The number of rotatable bonds is 3. The molecule has 88 valence electrons. The Balaban J connectivity index is 1.91. The molecule has 1 fully saturated rings. The average molecular weight is 220 g/mol. The maximum Gasteiger partial charge on any atom is 0.200 e. The van der Waals surface area contributed by atoms with E-state index in [-0.39, 0.29) is 6.29 Å². The minimum atomic E-state index is -0.0543. The van der Waals surface area contributed by atoms with E-state index in [9.17, 15) is 0 Å². The summed E-state index contributed by atoms with van der Waals surface area (Å²) in [5.74, 6) is 0.910. The van der Waals surface area contributed by atoms with Crippen LogP contribution >= 0.6 is 0 Å². The van der Waals surface area contributed by atoms with Gasteiger partial charge >= 0.3 is 0 Å². The van der Waals surface area contributed by atoms with Crippen molar-refractivity contribution in [3.8, 4) is 5.75 Å². The standard InChI is InChI=1S/C14H20O2/c1-3-12-5-4-6-14(15-12)16-13-9-7-11(2)8-10-13/h7-10,12,14H,3-6H2,1-2H3. The monoisotopic (exact) mass is 220 g/mol. The van der Waals surface area contributed by atoms with Crippen LogP contribution in [0.1, 0.15) is 38.2 Å². The second-order valence-corrected chi connectivity index (χ2v) is 4.46. The van der Waals surface area contributed by atoms with Crippen LogP contribution < -0.4 is 4.74 Å². The van der Waals surface area contributed by atoms with E-state index in [4.69, 9.17) is 9.47 Å². The zero-order chi connectivity index (χ0) is 11.4. The summed E-state index contributed by atoms with van der Waals surface area (Å²) in [5, 5.41) is 0. The molecule has 1 heterocycles. The Morgan fingerprint density at radius 3 is 2.69 bits per heavy atom. The second-order valence-electron chi connectivity index (χ2n) is 4.46. The lowest BCUT2D eigenvalue weighted by atomic mass is 10.1. The molecule has 0 aliphatic carbocycles.